The number of hydrogen-bond acceptors (Lipinski definition) is 3. The third-order valence-electron chi connectivity index (χ3n) is 2.75. The molecule has 0 atom stereocenters. The summed E-state index contributed by atoms with van der Waals surface area (Å²) in [5, 5.41) is 9.29. The van der Waals surface area contributed by atoms with E-state index in [1.807, 2.05) is 6.07 Å². The Morgan fingerprint density at radius 2 is 2.38 bits per heavy atom. The molecule has 86 valence electrons. The van der Waals surface area contributed by atoms with E-state index in [1.165, 1.54) is 0 Å². The van der Waals surface area contributed by atoms with Gasteiger partial charge in [-0.25, -0.2) is 0 Å². The lowest BCUT2D eigenvalue weighted by Gasteiger charge is -2.38. The lowest BCUT2D eigenvalue weighted by atomic mass is 9.96. The molecule has 1 aliphatic heterocycles. The highest BCUT2D eigenvalue weighted by Gasteiger charge is 2.28. The zero-order valence-corrected chi connectivity index (χ0v) is 9.52. The molecule has 1 aromatic rings. The average molecular weight is 241 g/mol. The molecule has 1 fully saturated rings. The number of hydrogen-bond donors (Lipinski definition) is 1. The van der Waals surface area contributed by atoms with Gasteiger partial charge in [0.15, 0.2) is 0 Å². The van der Waals surface area contributed by atoms with Crippen LogP contribution in [0.15, 0.2) is 18.5 Å². The van der Waals surface area contributed by atoms with Gasteiger partial charge in [-0.3, -0.25) is 14.7 Å². The number of aliphatic carboxylic acids is 1. The fourth-order valence-electron chi connectivity index (χ4n) is 1.96. The largest absolute Gasteiger partial charge is 0.481 e. The molecule has 2 heterocycles. The number of carboxylic acid groups (broad SMARTS) is 1. The molecule has 0 amide bonds. The first-order chi connectivity index (χ1) is 7.65. The van der Waals surface area contributed by atoms with Crippen molar-refractivity contribution in [1.29, 1.82) is 0 Å². The molecular weight excluding hydrogens is 228 g/mol. The summed E-state index contributed by atoms with van der Waals surface area (Å²) >= 11 is 5.99. The first-order valence-electron chi connectivity index (χ1n) is 5.17. The van der Waals surface area contributed by atoms with Crippen molar-refractivity contribution in [2.45, 2.75) is 13.0 Å². The van der Waals surface area contributed by atoms with Crippen LogP contribution < -0.4 is 0 Å². The van der Waals surface area contributed by atoms with Gasteiger partial charge in [-0.15, -0.1) is 0 Å². The van der Waals surface area contributed by atoms with Crippen molar-refractivity contribution in [1.82, 2.24) is 9.88 Å². The molecule has 1 aliphatic rings. The molecule has 2 rings (SSSR count). The summed E-state index contributed by atoms with van der Waals surface area (Å²) in [6, 6.07) is 1.90. The number of pyridine rings is 1. The van der Waals surface area contributed by atoms with E-state index in [4.69, 9.17) is 16.7 Å². The van der Waals surface area contributed by atoms with E-state index >= 15 is 0 Å². The lowest BCUT2D eigenvalue weighted by molar-refractivity contribution is -0.139. The standard InChI is InChI=1S/C11H13ClN2O2/c12-10-4-13-2-1-9(10)7-14-5-8(6-14)3-11(15)16/h1-2,4,8H,3,5-7H2,(H,15,16). The van der Waals surface area contributed by atoms with Gasteiger partial charge in [0.05, 0.1) is 11.4 Å². The highest BCUT2D eigenvalue weighted by molar-refractivity contribution is 6.31. The average Bonchev–Trinajstić information content (AvgIpc) is 2.17. The van der Waals surface area contributed by atoms with Crippen LogP contribution in [0.4, 0.5) is 0 Å². The second kappa shape index (κ2) is 4.80. The number of carbonyl (C=O) groups is 1. The van der Waals surface area contributed by atoms with Crippen LogP contribution in [0, 0.1) is 5.92 Å². The summed E-state index contributed by atoms with van der Waals surface area (Å²) in [6.07, 6.45) is 3.61. The van der Waals surface area contributed by atoms with Crippen LogP contribution >= 0.6 is 11.6 Å². The Kier molecular flexibility index (Phi) is 3.41. The highest BCUT2D eigenvalue weighted by atomic mass is 35.5. The van der Waals surface area contributed by atoms with Gasteiger partial charge in [0.1, 0.15) is 0 Å². The fraction of sp³-hybridized carbons (Fsp3) is 0.455. The van der Waals surface area contributed by atoms with Crippen LogP contribution in [0.2, 0.25) is 5.02 Å². The maximum Gasteiger partial charge on any atom is 0.303 e. The molecule has 4 nitrogen and oxygen atoms in total. The first-order valence-corrected chi connectivity index (χ1v) is 5.55. The summed E-state index contributed by atoms with van der Waals surface area (Å²) in [7, 11) is 0. The van der Waals surface area contributed by atoms with Gasteiger partial charge >= 0.3 is 5.97 Å². The zero-order chi connectivity index (χ0) is 11.5. The molecule has 0 saturated carbocycles. The first kappa shape index (κ1) is 11.4. The molecule has 16 heavy (non-hydrogen) atoms. The Bertz CT molecular complexity index is 391. The monoisotopic (exact) mass is 240 g/mol. The molecule has 0 aromatic carbocycles. The van der Waals surface area contributed by atoms with Gasteiger partial charge < -0.3 is 5.11 Å². The molecule has 5 heteroatoms. The Labute approximate surface area is 98.9 Å². The van der Waals surface area contributed by atoms with Gasteiger partial charge in [-0.2, -0.15) is 0 Å². The van der Waals surface area contributed by atoms with Crippen LogP contribution in [-0.2, 0) is 11.3 Å². The predicted octanol–water partition coefficient (Wildman–Crippen LogP) is 1.64. The second-order valence-corrected chi connectivity index (χ2v) is 4.53. The van der Waals surface area contributed by atoms with Crippen LogP contribution in [0.3, 0.4) is 0 Å². The molecule has 0 aliphatic carbocycles. The molecule has 0 unspecified atom stereocenters. The van der Waals surface area contributed by atoms with E-state index in [-0.39, 0.29) is 12.3 Å². The van der Waals surface area contributed by atoms with Gasteiger partial charge in [0, 0.05) is 32.0 Å². The van der Waals surface area contributed by atoms with Crippen molar-refractivity contribution >= 4 is 17.6 Å². The second-order valence-electron chi connectivity index (χ2n) is 4.13. The Balaban J connectivity index is 1.82. The fourth-order valence-corrected chi connectivity index (χ4v) is 2.13. The normalized spacial score (nSPS) is 17.1. The molecule has 1 aromatic heterocycles. The van der Waals surface area contributed by atoms with E-state index in [0.29, 0.717) is 5.02 Å². The van der Waals surface area contributed by atoms with Gasteiger partial charge in [0.25, 0.3) is 0 Å². The molecule has 0 bridgehead atoms. The topological polar surface area (TPSA) is 53.4 Å². The number of carboxylic acids is 1. The van der Waals surface area contributed by atoms with E-state index in [2.05, 4.69) is 9.88 Å². The minimum absolute atomic E-state index is 0.264. The van der Waals surface area contributed by atoms with E-state index in [1.54, 1.807) is 12.4 Å². The Hall–Kier alpha value is -1.13. The van der Waals surface area contributed by atoms with Crippen molar-refractivity contribution in [3.05, 3.63) is 29.0 Å². The SMILES string of the molecule is O=C(O)CC1CN(Cc2ccncc2Cl)C1. The smallest absolute Gasteiger partial charge is 0.303 e. The summed E-state index contributed by atoms with van der Waals surface area (Å²) in [5.74, 6) is -0.426. The zero-order valence-electron chi connectivity index (χ0n) is 8.77. The van der Waals surface area contributed by atoms with E-state index < -0.39 is 5.97 Å². The molecule has 1 N–H and O–H groups in total. The summed E-state index contributed by atoms with van der Waals surface area (Å²) in [5.41, 5.74) is 1.05. The van der Waals surface area contributed by atoms with Gasteiger partial charge in [-0.05, 0) is 17.5 Å². The Morgan fingerprint density at radius 1 is 1.62 bits per heavy atom. The number of likely N-dealkylation sites (tertiary alicyclic amines) is 1. The quantitative estimate of drug-likeness (QED) is 0.870. The number of rotatable bonds is 4. The van der Waals surface area contributed by atoms with Crippen molar-refractivity contribution in [2.24, 2.45) is 5.92 Å². The number of halogens is 1. The van der Waals surface area contributed by atoms with E-state index in [9.17, 15) is 4.79 Å². The van der Waals surface area contributed by atoms with Gasteiger partial charge in [0.2, 0.25) is 0 Å². The number of nitrogens with zero attached hydrogens (tertiary/aromatic N) is 2. The van der Waals surface area contributed by atoms with Crippen molar-refractivity contribution in [3.8, 4) is 0 Å². The van der Waals surface area contributed by atoms with Crippen LogP contribution in [0.25, 0.3) is 0 Å². The summed E-state index contributed by atoms with van der Waals surface area (Å²) in [6.45, 7) is 2.45. The summed E-state index contributed by atoms with van der Waals surface area (Å²) < 4.78 is 0. The molecule has 0 spiro atoms. The van der Waals surface area contributed by atoms with Crippen LogP contribution in [0.5, 0.6) is 0 Å². The third-order valence-corrected chi connectivity index (χ3v) is 3.09. The molecular formula is C11H13ClN2O2. The van der Waals surface area contributed by atoms with Crippen molar-refractivity contribution in [2.75, 3.05) is 13.1 Å². The van der Waals surface area contributed by atoms with Crippen molar-refractivity contribution < 1.29 is 9.90 Å². The lowest BCUT2D eigenvalue weighted by Crippen LogP contribution is -2.46. The minimum Gasteiger partial charge on any atom is -0.481 e. The van der Waals surface area contributed by atoms with Crippen LogP contribution in [0.1, 0.15) is 12.0 Å². The third kappa shape index (κ3) is 2.71. The molecule has 1 saturated heterocycles. The van der Waals surface area contributed by atoms with Gasteiger partial charge in [-0.1, -0.05) is 11.6 Å². The molecule has 0 radical (unpaired) electrons. The van der Waals surface area contributed by atoms with Crippen LogP contribution in [-0.4, -0.2) is 34.0 Å². The van der Waals surface area contributed by atoms with Crippen molar-refractivity contribution in [3.63, 3.8) is 0 Å². The van der Waals surface area contributed by atoms with E-state index in [0.717, 1.165) is 25.2 Å². The maximum atomic E-state index is 10.5. The summed E-state index contributed by atoms with van der Waals surface area (Å²) in [4.78, 5) is 16.6. The Morgan fingerprint density at radius 3 is 3.00 bits per heavy atom. The minimum atomic E-state index is -0.716. The predicted molar refractivity (Wildman–Crippen MR) is 60.3 cm³/mol. The highest BCUT2D eigenvalue weighted by Crippen LogP contribution is 2.23. The maximum absolute atomic E-state index is 10.5. The number of aromatic nitrogens is 1.